The Morgan fingerprint density at radius 3 is 2.30 bits per heavy atom. The van der Waals surface area contributed by atoms with Crippen molar-refractivity contribution in [2.75, 3.05) is 26.2 Å². The number of hydrogen-bond donors (Lipinski definition) is 1. The monoisotopic (exact) mass is 281 g/mol. The lowest BCUT2D eigenvalue weighted by atomic mass is 10.0. The minimum atomic E-state index is -1.23. The number of aromatic carboxylic acids is 1. The average Bonchev–Trinajstić information content (AvgIpc) is 2.86. The van der Waals surface area contributed by atoms with Gasteiger partial charge in [0.2, 0.25) is 5.76 Å². The summed E-state index contributed by atoms with van der Waals surface area (Å²) in [5.74, 6) is -1.83. The number of carboxylic acids is 1. The number of rotatable bonds is 2. The molecular weight excluding hydrogens is 262 g/mol. The number of hydrogen-bond acceptors (Lipinski definition) is 5. The van der Waals surface area contributed by atoms with Gasteiger partial charge in [0.05, 0.1) is 0 Å². The molecule has 0 saturated carbocycles. The van der Waals surface area contributed by atoms with E-state index < -0.39 is 5.97 Å². The first-order valence-corrected chi connectivity index (χ1v) is 6.53. The molecule has 1 amide bonds. The molecule has 0 atom stereocenters. The van der Waals surface area contributed by atoms with Crippen molar-refractivity contribution < 1.29 is 19.2 Å². The molecule has 0 aromatic carbocycles. The largest absolute Gasteiger partial charge is 0.475 e. The molecule has 7 heteroatoms. The van der Waals surface area contributed by atoms with Crippen LogP contribution in [0.1, 0.15) is 41.8 Å². The van der Waals surface area contributed by atoms with Gasteiger partial charge in [0.15, 0.2) is 5.69 Å². The summed E-state index contributed by atoms with van der Waals surface area (Å²) < 4.78 is 4.61. The van der Waals surface area contributed by atoms with Crippen LogP contribution in [-0.4, -0.2) is 63.7 Å². The third-order valence-electron chi connectivity index (χ3n) is 3.46. The molecule has 1 saturated heterocycles. The Morgan fingerprint density at radius 1 is 1.25 bits per heavy atom. The number of aromatic nitrogens is 1. The second-order valence-electron chi connectivity index (χ2n) is 5.83. The van der Waals surface area contributed by atoms with Crippen molar-refractivity contribution in [3.63, 3.8) is 0 Å². The van der Waals surface area contributed by atoms with Crippen LogP contribution in [0.5, 0.6) is 0 Å². The lowest BCUT2D eigenvalue weighted by molar-refractivity contribution is 0.0443. The summed E-state index contributed by atoms with van der Waals surface area (Å²) in [6.07, 6.45) is 0. The summed E-state index contributed by atoms with van der Waals surface area (Å²) in [6, 6.07) is 1.17. The fourth-order valence-corrected chi connectivity index (χ4v) is 2.22. The summed E-state index contributed by atoms with van der Waals surface area (Å²) in [6.45, 7) is 9.21. The summed E-state index contributed by atoms with van der Waals surface area (Å²) in [4.78, 5) is 26.9. The van der Waals surface area contributed by atoms with Crippen LogP contribution >= 0.6 is 0 Å². The Kier molecular flexibility index (Phi) is 3.80. The Labute approximate surface area is 117 Å². The van der Waals surface area contributed by atoms with E-state index in [1.807, 2.05) is 0 Å². The van der Waals surface area contributed by atoms with Gasteiger partial charge in [0.25, 0.3) is 5.91 Å². The van der Waals surface area contributed by atoms with Crippen LogP contribution in [0.25, 0.3) is 0 Å². The number of carboxylic acid groups (broad SMARTS) is 1. The maximum atomic E-state index is 12.2. The molecule has 1 aliphatic rings. The predicted octanol–water partition coefficient (Wildman–Crippen LogP) is 0.929. The number of nitrogens with zero attached hydrogens (tertiary/aromatic N) is 3. The van der Waals surface area contributed by atoms with E-state index in [1.54, 1.807) is 4.90 Å². The molecule has 1 aliphatic heterocycles. The smallest absolute Gasteiger partial charge is 0.374 e. The van der Waals surface area contributed by atoms with Crippen LogP contribution in [-0.2, 0) is 0 Å². The SMILES string of the molecule is CC(C)(C)N1CCN(C(=O)c2cc(C(=O)O)on2)CC1. The van der Waals surface area contributed by atoms with Gasteiger partial charge in [-0.05, 0) is 20.8 Å². The van der Waals surface area contributed by atoms with Crippen LogP contribution in [0.3, 0.4) is 0 Å². The first-order valence-electron chi connectivity index (χ1n) is 6.53. The van der Waals surface area contributed by atoms with Crippen molar-refractivity contribution in [1.82, 2.24) is 15.0 Å². The van der Waals surface area contributed by atoms with E-state index in [0.29, 0.717) is 13.1 Å². The molecule has 7 nitrogen and oxygen atoms in total. The molecule has 0 spiro atoms. The summed E-state index contributed by atoms with van der Waals surface area (Å²) in [5, 5.41) is 12.3. The second-order valence-corrected chi connectivity index (χ2v) is 5.83. The minimum absolute atomic E-state index is 0.0478. The summed E-state index contributed by atoms with van der Waals surface area (Å²) in [7, 11) is 0. The molecule has 0 bridgehead atoms. The van der Waals surface area contributed by atoms with Gasteiger partial charge in [-0.2, -0.15) is 0 Å². The van der Waals surface area contributed by atoms with E-state index in [0.717, 1.165) is 13.1 Å². The summed E-state index contributed by atoms with van der Waals surface area (Å²) >= 11 is 0. The van der Waals surface area contributed by atoms with Gasteiger partial charge in [-0.1, -0.05) is 5.16 Å². The predicted molar refractivity (Wildman–Crippen MR) is 70.7 cm³/mol. The molecule has 1 aromatic rings. The van der Waals surface area contributed by atoms with E-state index in [4.69, 9.17) is 5.11 Å². The topological polar surface area (TPSA) is 86.9 Å². The van der Waals surface area contributed by atoms with Gasteiger partial charge in [0, 0.05) is 37.8 Å². The molecule has 1 N–H and O–H groups in total. The van der Waals surface area contributed by atoms with Crippen molar-refractivity contribution >= 4 is 11.9 Å². The van der Waals surface area contributed by atoms with Gasteiger partial charge in [-0.15, -0.1) is 0 Å². The average molecular weight is 281 g/mol. The van der Waals surface area contributed by atoms with Crippen LogP contribution in [0, 0.1) is 0 Å². The molecule has 2 rings (SSSR count). The maximum Gasteiger partial charge on any atom is 0.374 e. The Balaban J connectivity index is 1.99. The van der Waals surface area contributed by atoms with E-state index in [1.165, 1.54) is 6.07 Å². The van der Waals surface area contributed by atoms with Crippen molar-refractivity contribution in [1.29, 1.82) is 0 Å². The van der Waals surface area contributed by atoms with E-state index in [9.17, 15) is 9.59 Å². The minimum Gasteiger partial charge on any atom is -0.475 e. The number of piperazine rings is 1. The number of carbonyl (C=O) groups excluding carboxylic acids is 1. The van der Waals surface area contributed by atoms with Gasteiger partial charge in [-0.3, -0.25) is 9.69 Å². The first-order chi connectivity index (χ1) is 9.29. The van der Waals surface area contributed by atoms with Crippen LogP contribution in [0.2, 0.25) is 0 Å². The Bertz CT molecular complexity index is 510. The molecule has 20 heavy (non-hydrogen) atoms. The lowest BCUT2D eigenvalue weighted by Gasteiger charge is -2.42. The highest BCUT2D eigenvalue weighted by atomic mass is 16.5. The molecule has 0 radical (unpaired) electrons. The van der Waals surface area contributed by atoms with Crippen LogP contribution in [0.4, 0.5) is 0 Å². The van der Waals surface area contributed by atoms with E-state index in [-0.39, 0.29) is 22.9 Å². The van der Waals surface area contributed by atoms with Gasteiger partial charge < -0.3 is 14.5 Å². The van der Waals surface area contributed by atoms with Crippen molar-refractivity contribution in [3.05, 3.63) is 17.5 Å². The Hall–Kier alpha value is -1.89. The maximum absolute atomic E-state index is 12.2. The lowest BCUT2D eigenvalue weighted by Crippen LogP contribution is -2.54. The summed E-state index contributed by atoms with van der Waals surface area (Å²) in [5.41, 5.74) is 0.131. The van der Waals surface area contributed by atoms with Gasteiger partial charge >= 0.3 is 5.97 Å². The molecule has 0 unspecified atom stereocenters. The third-order valence-corrected chi connectivity index (χ3v) is 3.46. The highest BCUT2D eigenvalue weighted by molar-refractivity contribution is 5.94. The zero-order valence-corrected chi connectivity index (χ0v) is 11.9. The van der Waals surface area contributed by atoms with Crippen molar-refractivity contribution in [2.45, 2.75) is 26.3 Å². The zero-order chi connectivity index (χ0) is 14.9. The second kappa shape index (κ2) is 5.24. The molecule has 2 heterocycles. The zero-order valence-electron chi connectivity index (χ0n) is 11.9. The van der Waals surface area contributed by atoms with Crippen molar-refractivity contribution in [2.24, 2.45) is 0 Å². The third kappa shape index (κ3) is 2.98. The van der Waals surface area contributed by atoms with Gasteiger partial charge in [-0.25, -0.2) is 4.79 Å². The fourth-order valence-electron chi connectivity index (χ4n) is 2.22. The van der Waals surface area contributed by atoms with E-state index >= 15 is 0 Å². The molecular formula is C13H19N3O4. The first kappa shape index (κ1) is 14.5. The molecule has 1 aromatic heterocycles. The normalized spacial score (nSPS) is 17.2. The standard InChI is InChI=1S/C13H19N3O4/c1-13(2,3)16-6-4-15(5-7-16)11(17)9-8-10(12(18)19)20-14-9/h8H,4-7H2,1-3H3,(H,18,19). The molecule has 0 aliphatic carbocycles. The van der Waals surface area contributed by atoms with Crippen LogP contribution < -0.4 is 0 Å². The fraction of sp³-hybridized carbons (Fsp3) is 0.615. The highest BCUT2D eigenvalue weighted by Gasteiger charge is 2.29. The number of carbonyl (C=O) groups is 2. The van der Waals surface area contributed by atoms with Crippen molar-refractivity contribution in [3.8, 4) is 0 Å². The molecule has 1 fully saturated rings. The van der Waals surface area contributed by atoms with Gasteiger partial charge in [0.1, 0.15) is 0 Å². The highest BCUT2D eigenvalue weighted by Crippen LogP contribution is 2.17. The number of amides is 1. The van der Waals surface area contributed by atoms with Crippen LogP contribution in [0.15, 0.2) is 10.6 Å². The molecule has 110 valence electrons. The quantitative estimate of drug-likeness (QED) is 0.867. The Morgan fingerprint density at radius 2 is 1.85 bits per heavy atom. The van der Waals surface area contributed by atoms with E-state index in [2.05, 4.69) is 35.4 Å².